The van der Waals surface area contributed by atoms with E-state index in [4.69, 9.17) is 4.74 Å². The molecule has 1 amide bonds. The van der Waals surface area contributed by atoms with Crippen LogP contribution in [0, 0.1) is 0 Å². The van der Waals surface area contributed by atoms with Crippen molar-refractivity contribution in [3.05, 3.63) is 71.8 Å². The number of carbonyl (C=O) groups excluding carboxylic acids is 1. The first-order chi connectivity index (χ1) is 12.0. The van der Waals surface area contributed by atoms with E-state index in [1.807, 2.05) is 30.3 Å². The molecule has 1 heterocycles. The van der Waals surface area contributed by atoms with Crippen LogP contribution in [0.15, 0.2) is 60.7 Å². The largest absolute Gasteiger partial charge is 0.433 e. The van der Waals surface area contributed by atoms with Crippen LogP contribution >= 0.6 is 0 Å². The second-order valence-electron chi connectivity index (χ2n) is 5.94. The van der Waals surface area contributed by atoms with Crippen LogP contribution < -0.4 is 0 Å². The van der Waals surface area contributed by atoms with Crippen LogP contribution in [0.3, 0.4) is 0 Å². The van der Waals surface area contributed by atoms with Crippen LogP contribution in [-0.2, 0) is 16.0 Å². The normalized spacial score (nSPS) is 20.7. The number of rotatable bonds is 4. The molecule has 2 aromatic rings. The number of ether oxygens (including phenoxy) is 1. The number of carbonyl (C=O) groups is 1. The summed E-state index contributed by atoms with van der Waals surface area (Å²) in [5, 5.41) is 0. The minimum absolute atomic E-state index is 0.00326. The van der Waals surface area contributed by atoms with Gasteiger partial charge in [-0.2, -0.15) is 13.2 Å². The van der Waals surface area contributed by atoms with Crippen molar-refractivity contribution in [3.8, 4) is 0 Å². The summed E-state index contributed by atoms with van der Waals surface area (Å²) in [6.07, 6.45) is -6.42. The molecule has 2 aromatic carbocycles. The molecule has 0 saturated carbocycles. The third-order valence-corrected chi connectivity index (χ3v) is 4.22. The lowest BCUT2D eigenvalue weighted by Gasteiger charge is -2.29. The van der Waals surface area contributed by atoms with Gasteiger partial charge in [0.2, 0.25) is 12.1 Å². The molecule has 2 atom stereocenters. The molecule has 1 aliphatic rings. The summed E-state index contributed by atoms with van der Waals surface area (Å²) >= 11 is 0. The van der Waals surface area contributed by atoms with Crippen molar-refractivity contribution in [3.63, 3.8) is 0 Å². The summed E-state index contributed by atoms with van der Waals surface area (Å²) in [6.45, 7) is -0.161. The lowest BCUT2D eigenvalue weighted by atomic mass is 10.0. The molecule has 0 aromatic heterocycles. The minimum atomic E-state index is -4.62. The second kappa shape index (κ2) is 7.27. The van der Waals surface area contributed by atoms with Gasteiger partial charge in [-0.25, -0.2) is 0 Å². The summed E-state index contributed by atoms with van der Waals surface area (Å²) in [5.41, 5.74) is 1.55. The fourth-order valence-electron chi connectivity index (χ4n) is 3.02. The number of alkyl halides is 3. The number of hydrogen-bond donors (Lipinski definition) is 0. The molecule has 0 spiro atoms. The predicted octanol–water partition coefficient (Wildman–Crippen LogP) is 4.11. The summed E-state index contributed by atoms with van der Waals surface area (Å²) in [6, 6.07) is 17.2. The first-order valence-corrected chi connectivity index (χ1v) is 8.05. The maximum atomic E-state index is 13.3. The molecule has 1 fully saturated rings. The summed E-state index contributed by atoms with van der Waals surface area (Å²) in [7, 11) is 0. The third-order valence-electron chi connectivity index (χ3n) is 4.22. The zero-order valence-electron chi connectivity index (χ0n) is 13.4. The third kappa shape index (κ3) is 4.02. The fourth-order valence-corrected chi connectivity index (χ4v) is 3.02. The monoisotopic (exact) mass is 349 g/mol. The molecule has 0 unspecified atom stereocenters. The first kappa shape index (κ1) is 17.5. The average Bonchev–Trinajstić information content (AvgIpc) is 3.07. The Bertz CT molecular complexity index is 704. The molecule has 3 nitrogen and oxygen atoms in total. The van der Waals surface area contributed by atoms with Crippen LogP contribution in [0.5, 0.6) is 0 Å². The Morgan fingerprint density at radius 3 is 2.24 bits per heavy atom. The molecule has 0 radical (unpaired) electrons. The van der Waals surface area contributed by atoms with Gasteiger partial charge >= 0.3 is 6.18 Å². The van der Waals surface area contributed by atoms with Gasteiger partial charge in [-0.05, 0) is 17.5 Å². The minimum Gasteiger partial charge on any atom is -0.347 e. The Morgan fingerprint density at radius 2 is 1.64 bits per heavy atom. The fraction of sp³-hybridized carbons (Fsp3) is 0.316. The smallest absolute Gasteiger partial charge is 0.347 e. The molecule has 0 N–H and O–H groups in total. The Morgan fingerprint density at radius 1 is 1.04 bits per heavy atom. The van der Waals surface area contributed by atoms with E-state index in [1.165, 1.54) is 0 Å². The SMILES string of the molecule is O=C(CCc1ccccc1)N1[C@H](C(F)(F)F)OC[C@H]1c1ccccc1. The first-order valence-electron chi connectivity index (χ1n) is 8.05. The van der Waals surface area contributed by atoms with Crippen molar-refractivity contribution in [1.82, 2.24) is 4.90 Å². The number of benzene rings is 2. The van der Waals surface area contributed by atoms with E-state index in [2.05, 4.69) is 0 Å². The van der Waals surface area contributed by atoms with Gasteiger partial charge in [0.05, 0.1) is 12.6 Å². The standard InChI is InChI=1S/C19H18F3NO2/c20-19(21,22)18-23(16(13-25-18)15-9-5-2-6-10-15)17(24)12-11-14-7-3-1-4-8-14/h1-10,16,18H,11-13H2/t16-,18-/m0/s1. The Labute approximate surface area is 144 Å². The van der Waals surface area contributed by atoms with Gasteiger partial charge in [0, 0.05) is 6.42 Å². The summed E-state index contributed by atoms with van der Waals surface area (Å²) < 4.78 is 44.9. The highest BCUT2D eigenvalue weighted by Gasteiger charge is 2.53. The van der Waals surface area contributed by atoms with Crippen molar-refractivity contribution in [2.24, 2.45) is 0 Å². The highest BCUT2D eigenvalue weighted by molar-refractivity contribution is 5.77. The van der Waals surface area contributed by atoms with Gasteiger partial charge < -0.3 is 4.74 Å². The lowest BCUT2D eigenvalue weighted by molar-refractivity contribution is -0.239. The highest BCUT2D eigenvalue weighted by atomic mass is 19.4. The van der Waals surface area contributed by atoms with E-state index in [9.17, 15) is 18.0 Å². The van der Waals surface area contributed by atoms with E-state index in [0.717, 1.165) is 10.5 Å². The molecule has 0 aliphatic carbocycles. The zero-order valence-corrected chi connectivity index (χ0v) is 13.4. The number of aryl methyl sites for hydroxylation is 1. The molecule has 0 bridgehead atoms. The molecule has 1 saturated heterocycles. The van der Waals surface area contributed by atoms with E-state index in [-0.39, 0.29) is 13.0 Å². The number of amides is 1. The lowest BCUT2D eigenvalue weighted by Crippen LogP contribution is -2.46. The van der Waals surface area contributed by atoms with Crippen LogP contribution in [0.2, 0.25) is 0 Å². The van der Waals surface area contributed by atoms with Gasteiger partial charge in [0.15, 0.2) is 0 Å². The Hall–Kier alpha value is -2.34. The number of nitrogens with zero attached hydrogens (tertiary/aromatic N) is 1. The zero-order chi connectivity index (χ0) is 17.9. The van der Waals surface area contributed by atoms with Gasteiger partial charge in [0.25, 0.3) is 0 Å². The summed E-state index contributed by atoms with van der Waals surface area (Å²) in [4.78, 5) is 13.5. The maximum Gasteiger partial charge on any atom is 0.433 e. The van der Waals surface area contributed by atoms with Gasteiger partial charge in [-0.3, -0.25) is 9.69 Å². The number of halogens is 3. The number of hydrogen-bond acceptors (Lipinski definition) is 2. The molecule has 132 valence electrons. The average molecular weight is 349 g/mol. The van der Waals surface area contributed by atoms with E-state index < -0.39 is 24.4 Å². The van der Waals surface area contributed by atoms with Crippen molar-refractivity contribution in [2.75, 3.05) is 6.61 Å². The topological polar surface area (TPSA) is 29.5 Å². The summed E-state index contributed by atoms with van der Waals surface area (Å²) in [5.74, 6) is -0.558. The molecular formula is C19H18F3NO2. The highest BCUT2D eigenvalue weighted by Crippen LogP contribution is 2.38. The maximum absolute atomic E-state index is 13.3. The van der Waals surface area contributed by atoms with Crippen LogP contribution in [-0.4, -0.2) is 29.8 Å². The van der Waals surface area contributed by atoms with Crippen molar-refractivity contribution in [2.45, 2.75) is 31.3 Å². The quantitative estimate of drug-likeness (QED) is 0.831. The second-order valence-corrected chi connectivity index (χ2v) is 5.94. The van der Waals surface area contributed by atoms with Crippen LogP contribution in [0.4, 0.5) is 13.2 Å². The molecule has 6 heteroatoms. The van der Waals surface area contributed by atoms with Gasteiger partial charge in [0.1, 0.15) is 0 Å². The molecule has 25 heavy (non-hydrogen) atoms. The van der Waals surface area contributed by atoms with Crippen LogP contribution in [0.25, 0.3) is 0 Å². The Kier molecular flexibility index (Phi) is 5.08. The molecule has 3 rings (SSSR count). The van der Waals surface area contributed by atoms with Crippen molar-refractivity contribution < 1.29 is 22.7 Å². The van der Waals surface area contributed by atoms with Gasteiger partial charge in [-0.1, -0.05) is 60.7 Å². The predicted molar refractivity (Wildman–Crippen MR) is 86.6 cm³/mol. The van der Waals surface area contributed by atoms with Crippen molar-refractivity contribution >= 4 is 5.91 Å². The van der Waals surface area contributed by atoms with Crippen LogP contribution in [0.1, 0.15) is 23.6 Å². The van der Waals surface area contributed by atoms with E-state index >= 15 is 0 Å². The molecular weight excluding hydrogens is 331 g/mol. The Balaban J connectivity index is 1.80. The van der Waals surface area contributed by atoms with Crippen molar-refractivity contribution in [1.29, 1.82) is 0 Å². The van der Waals surface area contributed by atoms with E-state index in [1.54, 1.807) is 30.3 Å². The molecule has 1 aliphatic heterocycles. The van der Waals surface area contributed by atoms with Gasteiger partial charge in [-0.15, -0.1) is 0 Å². The van der Waals surface area contributed by atoms with E-state index in [0.29, 0.717) is 12.0 Å².